The Morgan fingerprint density at radius 1 is 0.926 bits per heavy atom. The van der Waals surface area contributed by atoms with Gasteiger partial charge in [0.25, 0.3) is 0 Å². The number of hydrogen-bond donors (Lipinski definition) is 1. The van der Waals surface area contributed by atoms with Gasteiger partial charge in [-0.25, -0.2) is 0 Å². The summed E-state index contributed by atoms with van der Waals surface area (Å²) in [5.74, 6) is 1.84. The minimum atomic E-state index is 0.0684. The largest absolute Gasteiger partial charge is 0.504 e. The van der Waals surface area contributed by atoms with Gasteiger partial charge in [-0.2, -0.15) is 5.10 Å². The summed E-state index contributed by atoms with van der Waals surface area (Å²) in [6.45, 7) is 4.08. The zero-order chi connectivity index (χ0) is 19.6. The topological polar surface area (TPSA) is 72.6 Å². The smallest absolute Gasteiger partial charge is 0.161 e. The van der Waals surface area contributed by atoms with E-state index in [1.165, 1.54) is 0 Å². The number of fused-ring (bicyclic) bond motifs is 1. The zero-order valence-corrected chi connectivity index (χ0v) is 16.2. The molecule has 1 unspecified atom stereocenters. The Balaban J connectivity index is 2.24. The lowest BCUT2D eigenvalue weighted by Crippen LogP contribution is -2.12. The average molecular weight is 368 g/mol. The Labute approximate surface area is 159 Å². The van der Waals surface area contributed by atoms with Crippen molar-refractivity contribution in [2.75, 3.05) is 21.3 Å². The number of phenolic OH excluding ortho intramolecular Hbond substituents is 1. The molecule has 27 heavy (non-hydrogen) atoms. The van der Waals surface area contributed by atoms with E-state index < -0.39 is 0 Å². The molecular weight excluding hydrogens is 344 g/mol. The quantitative estimate of drug-likeness (QED) is 0.861. The second kappa shape index (κ2) is 7.70. The molecule has 6 heteroatoms. The van der Waals surface area contributed by atoms with Gasteiger partial charge in [0.15, 0.2) is 23.0 Å². The van der Waals surface area contributed by atoms with E-state index in [2.05, 4.69) is 17.1 Å². The fraction of sp³-hybridized carbons (Fsp3) is 0.333. The lowest BCUT2D eigenvalue weighted by Gasteiger charge is -2.19. The molecule has 0 aromatic heterocycles. The van der Waals surface area contributed by atoms with Crippen LogP contribution >= 0.6 is 0 Å². The molecule has 1 atom stereocenters. The third-order valence-electron chi connectivity index (χ3n) is 4.86. The number of rotatable bonds is 5. The molecule has 0 saturated heterocycles. The number of hydrogen-bond acceptors (Lipinski definition) is 6. The first-order valence-corrected chi connectivity index (χ1v) is 8.79. The van der Waals surface area contributed by atoms with Crippen LogP contribution in [-0.2, 0) is 0 Å². The average Bonchev–Trinajstić information content (AvgIpc) is 2.82. The van der Waals surface area contributed by atoms with E-state index in [4.69, 9.17) is 14.2 Å². The molecule has 0 spiro atoms. The summed E-state index contributed by atoms with van der Waals surface area (Å²) in [7, 11) is 4.74. The minimum Gasteiger partial charge on any atom is -0.504 e. The Hall–Kier alpha value is -3.02. The highest BCUT2D eigenvalue weighted by molar-refractivity contribution is 6.16. The first-order chi connectivity index (χ1) is 13.0. The second-order valence-electron chi connectivity index (χ2n) is 6.33. The minimum absolute atomic E-state index is 0.0684. The molecule has 1 aliphatic heterocycles. The van der Waals surface area contributed by atoms with E-state index in [1.807, 2.05) is 31.2 Å². The summed E-state index contributed by atoms with van der Waals surface area (Å²) in [6, 6.07) is 9.17. The predicted octanol–water partition coefficient (Wildman–Crippen LogP) is 4.14. The van der Waals surface area contributed by atoms with Crippen molar-refractivity contribution >= 4 is 11.4 Å². The van der Waals surface area contributed by atoms with Crippen molar-refractivity contribution in [1.82, 2.24) is 0 Å². The maximum atomic E-state index is 10.4. The summed E-state index contributed by atoms with van der Waals surface area (Å²) in [5.41, 5.74) is 4.26. The van der Waals surface area contributed by atoms with Gasteiger partial charge in [-0.3, -0.25) is 0 Å². The second-order valence-corrected chi connectivity index (χ2v) is 6.33. The predicted molar refractivity (Wildman–Crippen MR) is 106 cm³/mol. The van der Waals surface area contributed by atoms with Crippen molar-refractivity contribution in [3.8, 4) is 23.0 Å². The van der Waals surface area contributed by atoms with Crippen LogP contribution in [0, 0.1) is 0 Å². The first-order valence-electron chi connectivity index (χ1n) is 8.79. The molecule has 0 aliphatic carbocycles. The molecular formula is C21H24N2O4. The van der Waals surface area contributed by atoms with E-state index in [0.717, 1.165) is 28.8 Å². The van der Waals surface area contributed by atoms with Gasteiger partial charge in [0, 0.05) is 22.8 Å². The van der Waals surface area contributed by atoms with Crippen molar-refractivity contribution < 1.29 is 19.3 Å². The maximum Gasteiger partial charge on any atom is 0.161 e. The van der Waals surface area contributed by atoms with Crippen LogP contribution < -0.4 is 14.2 Å². The summed E-state index contributed by atoms with van der Waals surface area (Å²) in [6.07, 6.45) is 0.866. The Kier molecular flexibility index (Phi) is 5.35. The standard InChI is InChI=1S/C21H24N2O4/c1-6-14-12(2)22-23-21(13-7-8-18(25-3)20(9-13)27-5)16-10-17(24)19(26-4)11-15(14)16/h7-11,14,24H,6H2,1-5H3. The van der Waals surface area contributed by atoms with Crippen LogP contribution in [0.1, 0.15) is 42.9 Å². The van der Waals surface area contributed by atoms with Crippen LogP contribution in [0.3, 0.4) is 0 Å². The highest BCUT2D eigenvalue weighted by Gasteiger charge is 2.26. The van der Waals surface area contributed by atoms with E-state index in [1.54, 1.807) is 27.4 Å². The molecule has 0 bridgehead atoms. The van der Waals surface area contributed by atoms with Crippen molar-refractivity contribution in [3.63, 3.8) is 0 Å². The van der Waals surface area contributed by atoms with Crippen molar-refractivity contribution in [2.24, 2.45) is 10.2 Å². The molecule has 1 heterocycles. The first kappa shape index (κ1) is 18.8. The van der Waals surface area contributed by atoms with Crippen LogP contribution in [-0.4, -0.2) is 37.9 Å². The van der Waals surface area contributed by atoms with E-state index in [0.29, 0.717) is 23.0 Å². The molecule has 1 N–H and O–H groups in total. The monoisotopic (exact) mass is 368 g/mol. The normalized spacial score (nSPS) is 16.0. The van der Waals surface area contributed by atoms with Crippen LogP contribution in [0.25, 0.3) is 0 Å². The van der Waals surface area contributed by atoms with Gasteiger partial charge < -0.3 is 19.3 Å². The van der Waals surface area contributed by atoms with Crippen molar-refractivity contribution in [1.29, 1.82) is 0 Å². The number of phenols is 1. The molecule has 0 amide bonds. The molecule has 142 valence electrons. The highest BCUT2D eigenvalue weighted by atomic mass is 16.5. The number of benzene rings is 2. The Morgan fingerprint density at radius 3 is 2.26 bits per heavy atom. The Morgan fingerprint density at radius 2 is 1.63 bits per heavy atom. The molecule has 2 aromatic carbocycles. The molecule has 6 nitrogen and oxygen atoms in total. The third-order valence-corrected chi connectivity index (χ3v) is 4.86. The summed E-state index contributed by atoms with van der Waals surface area (Å²) < 4.78 is 16.1. The molecule has 1 aliphatic rings. The van der Waals surface area contributed by atoms with Gasteiger partial charge in [-0.1, -0.05) is 6.92 Å². The van der Waals surface area contributed by atoms with Gasteiger partial charge in [0.1, 0.15) is 5.71 Å². The third kappa shape index (κ3) is 3.35. The van der Waals surface area contributed by atoms with E-state index in [-0.39, 0.29) is 11.7 Å². The van der Waals surface area contributed by atoms with Gasteiger partial charge >= 0.3 is 0 Å². The molecule has 0 fully saturated rings. The fourth-order valence-corrected chi connectivity index (χ4v) is 3.43. The van der Waals surface area contributed by atoms with E-state index in [9.17, 15) is 5.11 Å². The highest BCUT2D eigenvalue weighted by Crippen LogP contribution is 2.38. The summed E-state index contributed by atoms with van der Waals surface area (Å²) >= 11 is 0. The zero-order valence-electron chi connectivity index (χ0n) is 16.2. The molecule has 0 saturated carbocycles. The van der Waals surface area contributed by atoms with Gasteiger partial charge in [-0.15, -0.1) is 5.10 Å². The number of aromatic hydroxyl groups is 1. The maximum absolute atomic E-state index is 10.4. The summed E-state index contributed by atoms with van der Waals surface area (Å²) in [4.78, 5) is 0. The SMILES string of the molecule is CCC1C(C)=NN=C(c2ccc(OC)c(OC)c2)c2cc(O)c(OC)cc21. The van der Waals surface area contributed by atoms with Crippen molar-refractivity contribution in [3.05, 3.63) is 47.0 Å². The number of methoxy groups -OCH3 is 3. The number of nitrogens with zero attached hydrogens (tertiary/aromatic N) is 2. The van der Waals surface area contributed by atoms with Crippen LogP contribution in [0.4, 0.5) is 0 Å². The Bertz CT molecular complexity index is 919. The van der Waals surface area contributed by atoms with Gasteiger partial charge in [-0.05, 0) is 49.2 Å². The van der Waals surface area contributed by atoms with Gasteiger partial charge in [0.2, 0.25) is 0 Å². The van der Waals surface area contributed by atoms with Crippen LogP contribution in [0.2, 0.25) is 0 Å². The van der Waals surface area contributed by atoms with Crippen molar-refractivity contribution in [2.45, 2.75) is 26.2 Å². The lowest BCUT2D eigenvalue weighted by atomic mass is 9.85. The summed E-state index contributed by atoms with van der Waals surface area (Å²) in [5, 5.41) is 19.3. The molecule has 0 radical (unpaired) electrons. The number of ether oxygens (including phenoxy) is 3. The van der Waals surface area contributed by atoms with E-state index >= 15 is 0 Å². The van der Waals surface area contributed by atoms with Crippen LogP contribution in [0.15, 0.2) is 40.5 Å². The molecule has 3 rings (SSSR count). The fourth-order valence-electron chi connectivity index (χ4n) is 3.43. The lowest BCUT2D eigenvalue weighted by molar-refractivity contribution is 0.355. The van der Waals surface area contributed by atoms with Gasteiger partial charge in [0.05, 0.1) is 21.3 Å². The van der Waals surface area contributed by atoms with Crippen LogP contribution in [0.5, 0.6) is 23.0 Å². The molecule has 2 aromatic rings.